The maximum Gasteiger partial charge on any atom is 0.223 e. The maximum absolute atomic E-state index is 14.3. The first-order valence-corrected chi connectivity index (χ1v) is 9.41. The molecule has 3 N–H and O–H groups in total. The van der Waals surface area contributed by atoms with Crippen LogP contribution in [0.3, 0.4) is 0 Å². The van der Waals surface area contributed by atoms with Gasteiger partial charge < -0.3 is 15.8 Å². The SMILES string of the molecule is COc1ncc(N)c(NCc2c(F)cc(SC)cc2F)c1-c1ccccc1. The van der Waals surface area contributed by atoms with Gasteiger partial charge in [0.1, 0.15) is 11.6 Å². The van der Waals surface area contributed by atoms with E-state index in [0.29, 0.717) is 27.7 Å². The van der Waals surface area contributed by atoms with Crippen LogP contribution in [0.2, 0.25) is 0 Å². The van der Waals surface area contributed by atoms with Crippen molar-refractivity contribution in [2.24, 2.45) is 0 Å². The molecule has 0 atom stereocenters. The van der Waals surface area contributed by atoms with Crippen LogP contribution in [0.1, 0.15) is 5.56 Å². The van der Waals surface area contributed by atoms with E-state index in [9.17, 15) is 8.78 Å². The van der Waals surface area contributed by atoms with E-state index in [1.807, 2.05) is 30.3 Å². The average molecular weight is 387 g/mol. The van der Waals surface area contributed by atoms with Gasteiger partial charge in [-0.15, -0.1) is 11.8 Å². The molecular weight excluding hydrogens is 368 g/mol. The van der Waals surface area contributed by atoms with Gasteiger partial charge in [0.25, 0.3) is 0 Å². The number of hydrogen-bond acceptors (Lipinski definition) is 5. The Balaban J connectivity index is 2.01. The standard InChI is InChI=1S/C20H19F2N3OS/c1-26-20-18(12-6-4-3-5-7-12)19(17(23)11-25-20)24-10-14-15(21)8-13(27-2)9-16(14)22/h3-9,11H,10,23H2,1-2H3,(H,24,25). The highest BCUT2D eigenvalue weighted by molar-refractivity contribution is 7.98. The molecule has 27 heavy (non-hydrogen) atoms. The molecule has 0 aliphatic rings. The fourth-order valence-electron chi connectivity index (χ4n) is 2.77. The molecule has 4 nitrogen and oxygen atoms in total. The van der Waals surface area contributed by atoms with E-state index in [-0.39, 0.29) is 12.1 Å². The molecule has 1 aromatic heterocycles. The molecule has 2 aromatic carbocycles. The fraction of sp³-hybridized carbons (Fsp3) is 0.150. The maximum atomic E-state index is 14.3. The Bertz CT molecular complexity index is 928. The third-order valence-electron chi connectivity index (χ3n) is 4.12. The van der Waals surface area contributed by atoms with Crippen molar-refractivity contribution in [2.45, 2.75) is 11.4 Å². The zero-order valence-electron chi connectivity index (χ0n) is 14.9. The van der Waals surface area contributed by atoms with Crippen LogP contribution >= 0.6 is 11.8 Å². The number of benzene rings is 2. The second kappa shape index (κ2) is 8.26. The number of nitrogen functional groups attached to an aromatic ring is 1. The fourth-order valence-corrected chi connectivity index (χ4v) is 3.21. The minimum absolute atomic E-state index is 0.0537. The summed E-state index contributed by atoms with van der Waals surface area (Å²) in [6.07, 6.45) is 3.22. The number of anilines is 2. The third kappa shape index (κ3) is 3.98. The van der Waals surface area contributed by atoms with Crippen molar-refractivity contribution in [1.82, 2.24) is 4.98 Å². The van der Waals surface area contributed by atoms with Gasteiger partial charge in [-0.1, -0.05) is 30.3 Å². The molecule has 0 amide bonds. The molecule has 3 rings (SSSR count). The zero-order valence-corrected chi connectivity index (χ0v) is 15.7. The van der Waals surface area contributed by atoms with E-state index in [4.69, 9.17) is 10.5 Å². The van der Waals surface area contributed by atoms with Gasteiger partial charge in [0.2, 0.25) is 5.88 Å². The van der Waals surface area contributed by atoms with Crippen molar-refractivity contribution in [3.05, 3.63) is 65.9 Å². The monoisotopic (exact) mass is 387 g/mol. The predicted molar refractivity (Wildman–Crippen MR) is 106 cm³/mol. The average Bonchev–Trinajstić information content (AvgIpc) is 2.68. The Morgan fingerprint density at radius 2 is 1.81 bits per heavy atom. The Morgan fingerprint density at radius 1 is 1.15 bits per heavy atom. The number of hydrogen-bond donors (Lipinski definition) is 2. The van der Waals surface area contributed by atoms with Gasteiger partial charge in [-0.05, 0) is 24.0 Å². The lowest BCUT2D eigenvalue weighted by Crippen LogP contribution is -2.09. The van der Waals surface area contributed by atoms with Crippen molar-refractivity contribution in [3.63, 3.8) is 0 Å². The van der Waals surface area contributed by atoms with Gasteiger partial charge in [-0.2, -0.15) is 0 Å². The van der Waals surface area contributed by atoms with Crippen molar-refractivity contribution in [2.75, 3.05) is 24.4 Å². The second-order valence-electron chi connectivity index (χ2n) is 5.76. The van der Waals surface area contributed by atoms with Gasteiger partial charge in [-0.25, -0.2) is 13.8 Å². The Morgan fingerprint density at radius 3 is 2.41 bits per heavy atom. The molecule has 0 unspecified atom stereocenters. The highest BCUT2D eigenvalue weighted by Crippen LogP contribution is 2.39. The van der Waals surface area contributed by atoms with Crippen molar-refractivity contribution in [1.29, 1.82) is 0 Å². The van der Waals surface area contributed by atoms with Crippen LogP contribution < -0.4 is 15.8 Å². The summed E-state index contributed by atoms with van der Waals surface area (Å²) < 4.78 is 34.0. The molecule has 3 aromatic rings. The molecule has 0 saturated heterocycles. The van der Waals surface area contributed by atoms with E-state index >= 15 is 0 Å². The summed E-state index contributed by atoms with van der Waals surface area (Å²) in [4.78, 5) is 4.74. The normalized spacial score (nSPS) is 10.7. The van der Waals surface area contributed by atoms with Gasteiger partial charge in [0.05, 0.1) is 30.2 Å². The van der Waals surface area contributed by atoms with Gasteiger partial charge in [-0.3, -0.25) is 0 Å². The molecule has 140 valence electrons. The molecule has 0 aliphatic heterocycles. The smallest absolute Gasteiger partial charge is 0.223 e. The minimum atomic E-state index is -0.604. The molecule has 0 fully saturated rings. The van der Waals surface area contributed by atoms with Crippen LogP contribution in [0.25, 0.3) is 11.1 Å². The number of aromatic nitrogens is 1. The van der Waals surface area contributed by atoms with Gasteiger partial charge in [0.15, 0.2) is 0 Å². The zero-order chi connectivity index (χ0) is 19.4. The number of ether oxygens (including phenoxy) is 1. The van der Waals surface area contributed by atoms with Crippen LogP contribution in [0.4, 0.5) is 20.2 Å². The van der Waals surface area contributed by atoms with E-state index in [2.05, 4.69) is 10.3 Å². The lowest BCUT2D eigenvalue weighted by atomic mass is 10.0. The molecule has 7 heteroatoms. The van der Waals surface area contributed by atoms with Crippen LogP contribution in [0.5, 0.6) is 5.88 Å². The minimum Gasteiger partial charge on any atom is -0.480 e. The number of thioether (sulfide) groups is 1. The lowest BCUT2D eigenvalue weighted by Gasteiger charge is -2.17. The molecular formula is C20H19F2N3OS. The Hall–Kier alpha value is -2.80. The highest BCUT2D eigenvalue weighted by Gasteiger charge is 2.18. The first-order valence-electron chi connectivity index (χ1n) is 8.18. The summed E-state index contributed by atoms with van der Waals surface area (Å²) in [7, 11) is 1.51. The summed E-state index contributed by atoms with van der Waals surface area (Å²) in [6.45, 7) is -0.0659. The van der Waals surface area contributed by atoms with E-state index in [1.54, 1.807) is 6.26 Å². The molecule has 0 saturated carbocycles. The predicted octanol–water partition coefficient (Wildman–Crippen LogP) is 4.95. The Kier molecular flexibility index (Phi) is 5.81. The van der Waals surface area contributed by atoms with E-state index in [1.165, 1.54) is 37.2 Å². The molecule has 1 heterocycles. The second-order valence-corrected chi connectivity index (χ2v) is 6.64. The number of methoxy groups -OCH3 is 1. The highest BCUT2D eigenvalue weighted by atomic mass is 32.2. The van der Waals surface area contributed by atoms with Crippen molar-refractivity contribution in [3.8, 4) is 17.0 Å². The van der Waals surface area contributed by atoms with E-state index < -0.39 is 11.6 Å². The number of halogens is 2. The van der Waals surface area contributed by atoms with Crippen LogP contribution in [-0.4, -0.2) is 18.3 Å². The first kappa shape index (κ1) is 19.0. The van der Waals surface area contributed by atoms with Crippen LogP contribution in [0.15, 0.2) is 53.6 Å². The van der Waals surface area contributed by atoms with Crippen molar-refractivity contribution >= 4 is 23.1 Å². The Labute approximate surface area is 160 Å². The lowest BCUT2D eigenvalue weighted by molar-refractivity contribution is 0.400. The summed E-state index contributed by atoms with van der Waals surface area (Å²) >= 11 is 1.28. The van der Waals surface area contributed by atoms with Crippen LogP contribution in [-0.2, 0) is 6.54 Å². The quantitative estimate of drug-likeness (QED) is 0.586. The number of nitrogens with two attached hydrogens (primary N) is 1. The summed E-state index contributed by atoms with van der Waals surface area (Å²) in [5.74, 6) is -0.836. The molecule has 0 radical (unpaired) electrons. The number of nitrogens with zero attached hydrogens (tertiary/aromatic N) is 1. The van der Waals surface area contributed by atoms with Crippen LogP contribution in [0, 0.1) is 11.6 Å². The third-order valence-corrected chi connectivity index (χ3v) is 4.83. The van der Waals surface area contributed by atoms with E-state index in [0.717, 1.165) is 5.56 Å². The topological polar surface area (TPSA) is 60.2 Å². The summed E-state index contributed by atoms with van der Waals surface area (Å²) in [6, 6.07) is 12.1. The summed E-state index contributed by atoms with van der Waals surface area (Å²) in [5.41, 5.74) is 8.38. The number of pyridine rings is 1. The summed E-state index contributed by atoms with van der Waals surface area (Å²) in [5, 5.41) is 3.06. The van der Waals surface area contributed by atoms with Gasteiger partial charge >= 0.3 is 0 Å². The molecule has 0 aliphatic carbocycles. The largest absolute Gasteiger partial charge is 0.480 e. The van der Waals surface area contributed by atoms with Gasteiger partial charge in [0, 0.05) is 17.0 Å². The number of nitrogens with one attached hydrogen (secondary N) is 1. The first-order chi connectivity index (χ1) is 13.0. The van der Waals surface area contributed by atoms with Crippen molar-refractivity contribution < 1.29 is 13.5 Å². The number of rotatable bonds is 6. The molecule has 0 spiro atoms. The molecule has 0 bridgehead atoms.